The highest BCUT2D eigenvalue weighted by Crippen LogP contribution is 2.20. The summed E-state index contributed by atoms with van der Waals surface area (Å²) in [4.78, 5) is 0. The first-order chi connectivity index (χ1) is 8.19. The molecule has 1 aliphatic rings. The van der Waals surface area contributed by atoms with Crippen molar-refractivity contribution in [1.82, 2.24) is 0 Å². The molecule has 0 saturated carbocycles. The minimum Gasteiger partial charge on any atom is -0.375 e. The summed E-state index contributed by atoms with van der Waals surface area (Å²) in [5, 5.41) is 12.1. The Kier molecular flexibility index (Phi) is 3.60. The van der Waals surface area contributed by atoms with Crippen LogP contribution in [0.4, 0.5) is 10.1 Å². The average Bonchev–Trinajstić information content (AvgIpc) is 2.77. The summed E-state index contributed by atoms with van der Waals surface area (Å²) in [6.45, 7) is 2.52. The van der Waals surface area contributed by atoms with Gasteiger partial charge < -0.3 is 10.1 Å². The molecule has 1 saturated heterocycles. The first-order valence-electron chi connectivity index (χ1n) is 5.74. The monoisotopic (exact) mass is 234 g/mol. The number of ether oxygens (including phenoxy) is 1. The van der Waals surface area contributed by atoms with Gasteiger partial charge in [-0.1, -0.05) is 0 Å². The van der Waals surface area contributed by atoms with Crippen molar-refractivity contribution in [3.05, 3.63) is 29.6 Å². The maximum atomic E-state index is 13.2. The molecule has 1 aromatic rings. The summed E-state index contributed by atoms with van der Waals surface area (Å²) in [6, 6.07) is 6.43. The number of hydrogen-bond donors (Lipinski definition) is 1. The quantitative estimate of drug-likeness (QED) is 0.874. The van der Waals surface area contributed by atoms with Crippen molar-refractivity contribution in [3.63, 3.8) is 0 Å². The third-order valence-electron chi connectivity index (χ3n) is 2.84. The minimum absolute atomic E-state index is 0.0939. The van der Waals surface area contributed by atoms with Gasteiger partial charge in [0.1, 0.15) is 11.9 Å². The highest BCUT2D eigenvalue weighted by atomic mass is 19.1. The molecule has 2 rings (SSSR count). The molecule has 2 unspecified atom stereocenters. The zero-order valence-corrected chi connectivity index (χ0v) is 9.74. The predicted octanol–water partition coefficient (Wildman–Crippen LogP) is 2.62. The Bertz CT molecular complexity index is 415. The average molecular weight is 234 g/mol. The van der Waals surface area contributed by atoms with Gasteiger partial charge in [0.15, 0.2) is 0 Å². The van der Waals surface area contributed by atoms with E-state index in [1.54, 1.807) is 0 Å². The minimum atomic E-state index is -0.418. The Morgan fingerprint density at radius 1 is 1.53 bits per heavy atom. The zero-order chi connectivity index (χ0) is 12.3. The lowest BCUT2D eigenvalue weighted by Crippen LogP contribution is -2.31. The summed E-state index contributed by atoms with van der Waals surface area (Å²) in [6.07, 6.45) is 1.76. The molecule has 0 amide bonds. The van der Waals surface area contributed by atoms with E-state index in [1.807, 2.05) is 13.0 Å². The number of nitriles is 1. The van der Waals surface area contributed by atoms with E-state index >= 15 is 0 Å². The second-order valence-electron chi connectivity index (χ2n) is 4.32. The molecule has 17 heavy (non-hydrogen) atoms. The Morgan fingerprint density at radius 3 is 2.94 bits per heavy atom. The van der Waals surface area contributed by atoms with Crippen LogP contribution in [-0.4, -0.2) is 18.8 Å². The number of nitrogens with zero attached hydrogens (tertiary/aromatic N) is 1. The summed E-state index contributed by atoms with van der Waals surface area (Å²) in [7, 11) is 0. The van der Waals surface area contributed by atoms with Gasteiger partial charge in [-0.3, -0.25) is 0 Å². The van der Waals surface area contributed by atoms with Crippen LogP contribution in [0.2, 0.25) is 0 Å². The van der Waals surface area contributed by atoms with Crippen molar-refractivity contribution in [1.29, 1.82) is 5.26 Å². The molecule has 1 aromatic carbocycles. The summed E-state index contributed by atoms with van der Waals surface area (Å²) in [5.41, 5.74) is 1.46. The summed E-state index contributed by atoms with van der Waals surface area (Å²) < 4.78 is 18.7. The maximum absolute atomic E-state index is 13.2. The molecular formula is C13H15FN2O. The fraction of sp³-hybridized carbons (Fsp3) is 0.462. The lowest BCUT2D eigenvalue weighted by atomic mass is 10.1. The Balaban J connectivity index is 2.10. The molecule has 0 aliphatic carbocycles. The highest BCUT2D eigenvalue weighted by molar-refractivity contribution is 5.48. The number of nitrogens with one attached hydrogen (secondary N) is 1. The molecule has 0 radical (unpaired) electrons. The molecule has 0 spiro atoms. The number of hydrogen-bond acceptors (Lipinski definition) is 3. The van der Waals surface area contributed by atoms with Crippen LogP contribution in [0.1, 0.15) is 18.4 Å². The van der Waals surface area contributed by atoms with E-state index in [9.17, 15) is 4.39 Å². The number of anilines is 1. The topological polar surface area (TPSA) is 45.0 Å². The smallest absolute Gasteiger partial charge is 0.141 e. The fourth-order valence-corrected chi connectivity index (χ4v) is 2.07. The third-order valence-corrected chi connectivity index (χ3v) is 2.84. The molecule has 2 atom stereocenters. The second kappa shape index (κ2) is 5.15. The van der Waals surface area contributed by atoms with E-state index in [1.165, 1.54) is 12.1 Å². The van der Waals surface area contributed by atoms with Gasteiger partial charge in [-0.2, -0.15) is 5.26 Å². The third kappa shape index (κ3) is 2.95. The molecule has 3 nitrogen and oxygen atoms in total. The first-order valence-corrected chi connectivity index (χ1v) is 5.74. The van der Waals surface area contributed by atoms with E-state index in [0.29, 0.717) is 12.3 Å². The maximum Gasteiger partial charge on any atom is 0.141 e. The Labute approximate surface area is 100 Å². The molecule has 0 aromatic heterocycles. The van der Waals surface area contributed by atoms with Crippen molar-refractivity contribution < 1.29 is 9.13 Å². The van der Waals surface area contributed by atoms with Gasteiger partial charge >= 0.3 is 0 Å². The largest absolute Gasteiger partial charge is 0.375 e. The van der Waals surface area contributed by atoms with Crippen molar-refractivity contribution in [3.8, 4) is 6.07 Å². The van der Waals surface area contributed by atoms with Crippen LogP contribution in [-0.2, 0) is 4.74 Å². The van der Waals surface area contributed by atoms with Crippen LogP contribution in [0.3, 0.4) is 0 Å². The molecule has 4 heteroatoms. The van der Waals surface area contributed by atoms with E-state index < -0.39 is 6.04 Å². The molecule has 1 fully saturated rings. The predicted molar refractivity (Wildman–Crippen MR) is 63.1 cm³/mol. The summed E-state index contributed by atoms with van der Waals surface area (Å²) >= 11 is 0. The van der Waals surface area contributed by atoms with Crippen LogP contribution in [0.25, 0.3) is 0 Å². The van der Waals surface area contributed by atoms with Crippen LogP contribution in [0.15, 0.2) is 18.2 Å². The first kappa shape index (κ1) is 11.9. The van der Waals surface area contributed by atoms with E-state index in [4.69, 9.17) is 10.00 Å². The van der Waals surface area contributed by atoms with E-state index in [-0.39, 0.29) is 11.9 Å². The molecule has 0 bridgehead atoms. The second-order valence-corrected chi connectivity index (χ2v) is 4.32. The standard InChI is InChI=1S/C13H15FN2O/c1-9-5-10(14)7-11(6-9)16-12(8-15)13-3-2-4-17-13/h5-7,12-13,16H,2-4H2,1H3. The van der Waals surface area contributed by atoms with Gasteiger partial charge in [0.2, 0.25) is 0 Å². The SMILES string of the molecule is Cc1cc(F)cc(NC(C#N)C2CCCO2)c1. The molecule has 90 valence electrons. The van der Waals surface area contributed by atoms with Crippen LogP contribution in [0, 0.1) is 24.1 Å². The van der Waals surface area contributed by atoms with Gasteiger partial charge in [0.05, 0.1) is 12.2 Å². The molecule has 1 N–H and O–H groups in total. The lowest BCUT2D eigenvalue weighted by Gasteiger charge is -2.19. The van der Waals surface area contributed by atoms with E-state index in [0.717, 1.165) is 18.4 Å². The van der Waals surface area contributed by atoms with Crippen molar-refractivity contribution >= 4 is 5.69 Å². The molecule has 1 heterocycles. The van der Waals surface area contributed by atoms with E-state index in [2.05, 4.69) is 11.4 Å². The number of aryl methyl sites for hydroxylation is 1. The number of halogens is 1. The number of rotatable bonds is 3. The lowest BCUT2D eigenvalue weighted by molar-refractivity contribution is 0.107. The van der Waals surface area contributed by atoms with Crippen LogP contribution in [0.5, 0.6) is 0 Å². The van der Waals surface area contributed by atoms with Crippen molar-refractivity contribution in [2.75, 3.05) is 11.9 Å². The van der Waals surface area contributed by atoms with Crippen LogP contribution < -0.4 is 5.32 Å². The Morgan fingerprint density at radius 2 is 2.35 bits per heavy atom. The van der Waals surface area contributed by atoms with Crippen molar-refractivity contribution in [2.24, 2.45) is 0 Å². The van der Waals surface area contributed by atoms with Gasteiger partial charge in [-0.25, -0.2) is 4.39 Å². The highest BCUT2D eigenvalue weighted by Gasteiger charge is 2.25. The van der Waals surface area contributed by atoms with Crippen LogP contribution >= 0.6 is 0 Å². The number of benzene rings is 1. The molecule has 1 aliphatic heterocycles. The normalized spacial score (nSPS) is 20.9. The van der Waals surface area contributed by atoms with Gasteiger partial charge in [0.25, 0.3) is 0 Å². The van der Waals surface area contributed by atoms with Gasteiger partial charge in [-0.15, -0.1) is 0 Å². The van der Waals surface area contributed by atoms with Gasteiger partial charge in [-0.05, 0) is 43.5 Å². The zero-order valence-electron chi connectivity index (χ0n) is 9.74. The van der Waals surface area contributed by atoms with Crippen molar-refractivity contribution in [2.45, 2.75) is 31.9 Å². The fourth-order valence-electron chi connectivity index (χ4n) is 2.07. The molecular weight excluding hydrogens is 219 g/mol. The van der Waals surface area contributed by atoms with Gasteiger partial charge in [0, 0.05) is 12.3 Å². The summed E-state index contributed by atoms with van der Waals surface area (Å²) in [5.74, 6) is -0.295. The Hall–Kier alpha value is -1.60.